The third-order valence-electron chi connectivity index (χ3n) is 11.5. The lowest BCUT2D eigenvalue weighted by Gasteiger charge is -2.18. The van der Waals surface area contributed by atoms with E-state index in [1.807, 2.05) is 6.08 Å². The molecule has 0 aliphatic rings. The molecular formula is C57H100O6. The molecule has 0 N–H and O–H groups in total. The molecule has 0 rings (SSSR count). The van der Waals surface area contributed by atoms with E-state index in [0.717, 1.165) is 64.2 Å². The summed E-state index contributed by atoms with van der Waals surface area (Å²) >= 11 is 0. The average Bonchev–Trinajstić information content (AvgIpc) is 3.28. The number of esters is 3. The van der Waals surface area contributed by atoms with Gasteiger partial charge >= 0.3 is 17.9 Å². The first-order valence-corrected chi connectivity index (χ1v) is 26.8. The summed E-state index contributed by atoms with van der Waals surface area (Å²) in [7, 11) is 0. The van der Waals surface area contributed by atoms with E-state index in [1.165, 1.54) is 154 Å². The van der Waals surface area contributed by atoms with Gasteiger partial charge < -0.3 is 14.2 Å². The molecule has 0 aliphatic heterocycles. The number of hydrogen-bond donors (Lipinski definition) is 0. The molecule has 1 atom stereocenters. The first-order valence-electron chi connectivity index (χ1n) is 26.8. The van der Waals surface area contributed by atoms with Crippen molar-refractivity contribution < 1.29 is 28.6 Å². The van der Waals surface area contributed by atoms with Crippen molar-refractivity contribution in [2.24, 2.45) is 0 Å². The third kappa shape index (κ3) is 50.0. The Balaban J connectivity index is 4.44. The summed E-state index contributed by atoms with van der Waals surface area (Å²) < 4.78 is 16.7. The fraction of sp³-hybridized carbons (Fsp3) is 0.772. The van der Waals surface area contributed by atoms with Crippen LogP contribution >= 0.6 is 0 Å². The highest BCUT2D eigenvalue weighted by molar-refractivity contribution is 5.71. The molecule has 364 valence electrons. The summed E-state index contributed by atoms with van der Waals surface area (Å²) in [5, 5.41) is 0. The lowest BCUT2D eigenvalue weighted by atomic mass is 10.1. The van der Waals surface area contributed by atoms with Crippen molar-refractivity contribution in [3.05, 3.63) is 60.8 Å². The van der Waals surface area contributed by atoms with Crippen LogP contribution in [0.2, 0.25) is 0 Å². The second kappa shape index (κ2) is 51.7. The van der Waals surface area contributed by atoms with Gasteiger partial charge in [-0.05, 0) is 89.9 Å². The van der Waals surface area contributed by atoms with Crippen LogP contribution in [-0.2, 0) is 28.6 Å². The fourth-order valence-electron chi connectivity index (χ4n) is 7.42. The molecule has 0 spiro atoms. The van der Waals surface area contributed by atoms with E-state index in [-0.39, 0.29) is 37.5 Å². The van der Waals surface area contributed by atoms with Crippen LogP contribution in [0.25, 0.3) is 0 Å². The van der Waals surface area contributed by atoms with Gasteiger partial charge in [0.15, 0.2) is 6.10 Å². The van der Waals surface area contributed by atoms with Gasteiger partial charge in [0, 0.05) is 19.3 Å². The summed E-state index contributed by atoms with van der Waals surface area (Å²) in [6.45, 7) is 6.54. The van der Waals surface area contributed by atoms with E-state index in [2.05, 4.69) is 75.5 Å². The van der Waals surface area contributed by atoms with Crippen LogP contribution in [-0.4, -0.2) is 37.2 Å². The normalized spacial score (nSPS) is 12.5. The number of carbonyl (C=O) groups is 3. The van der Waals surface area contributed by atoms with Crippen molar-refractivity contribution in [3.63, 3.8) is 0 Å². The van der Waals surface area contributed by atoms with Gasteiger partial charge in [0.05, 0.1) is 0 Å². The van der Waals surface area contributed by atoms with Gasteiger partial charge in [0.25, 0.3) is 0 Å². The Hall–Kier alpha value is -2.89. The smallest absolute Gasteiger partial charge is 0.306 e. The van der Waals surface area contributed by atoms with Crippen molar-refractivity contribution in [3.8, 4) is 0 Å². The van der Waals surface area contributed by atoms with E-state index in [9.17, 15) is 14.4 Å². The molecule has 0 aromatic carbocycles. The van der Waals surface area contributed by atoms with Crippen LogP contribution < -0.4 is 0 Å². The number of hydrogen-bond acceptors (Lipinski definition) is 6. The minimum Gasteiger partial charge on any atom is -0.462 e. The molecule has 0 aliphatic carbocycles. The predicted molar refractivity (Wildman–Crippen MR) is 270 cm³/mol. The van der Waals surface area contributed by atoms with E-state index in [4.69, 9.17) is 14.2 Å². The number of allylic oxidation sites excluding steroid dienone is 10. The standard InChI is InChI=1S/C57H100O6/c1-4-7-10-13-16-19-22-25-27-28-30-32-35-38-41-44-47-50-56(59)62-53-54(52-61-55(58)49-46-43-40-37-34-31-24-21-18-15-12-9-6-3)63-57(60)51-48-45-42-39-36-33-29-26-23-20-17-14-11-8-5-2/h17,20,23,25-27,31,34,40,43,54H,4-16,18-19,21-22,24,28-30,32-33,35-39,41-42,44-53H2,1-3H3/b20-17-,26-23-,27-25-,34-31-,43-40-. The molecule has 0 heterocycles. The molecule has 0 saturated heterocycles. The fourth-order valence-corrected chi connectivity index (χ4v) is 7.42. The second-order valence-electron chi connectivity index (χ2n) is 17.8. The number of ether oxygens (including phenoxy) is 3. The van der Waals surface area contributed by atoms with Gasteiger partial charge in [-0.1, -0.05) is 216 Å². The molecule has 0 radical (unpaired) electrons. The van der Waals surface area contributed by atoms with E-state index >= 15 is 0 Å². The highest BCUT2D eigenvalue weighted by Crippen LogP contribution is 2.14. The van der Waals surface area contributed by atoms with Gasteiger partial charge in [-0.2, -0.15) is 0 Å². The van der Waals surface area contributed by atoms with E-state index in [0.29, 0.717) is 19.3 Å². The maximum absolute atomic E-state index is 12.8. The van der Waals surface area contributed by atoms with E-state index < -0.39 is 6.10 Å². The van der Waals surface area contributed by atoms with Gasteiger partial charge in [0.1, 0.15) is 13.2 Å². The zero-order valence-corrected chi connectivity index (χ0v) is 41.6. The van der Waals surface area contributed by atoms with Gasteiger partial charge in [-0.3, -0.25) is 14.4 Å². The Kier molecular flexibility index (Phi) is 49.4. The highest BCUT2D eigenvalue weighted by Gasteiger charge is 2.19. The molecule has 1 unspecified atom stereocenters. The average molecular weight is 881 g/mol. The summed E-state index contributed by atoms with van der Waals surface area (Å²) in [5.41, 5.74) is 0. The summed E-state index contributed by atoms with van der Waals surface area (Å²) in [6.07, 6.45) is 63.6. The topological polar surface area (TPSA) is 78.9 Å². The zero-order valence-electron chi connectivity index (χ0n) is 41.6. The van der Waals surface area contributed by atoms with Crippen molar-refractivity contribution in [1.29, 1.82) is 0 Å². The van der Waals surface area contributed by atoms with Crippen LogP contribution in [0, 0.1) is 0 Å². The van der Waals surface area contributed by atoms with Crippen LogP contribution in [0.4, 0.5) is 0 Å². The minimum atomic E-state index is -0.803. The van der Waals surface area contributed by atoms with Crippen LogP contribution in [0.3, 0.4) is 0 Å². The van der Waals surface area contributed by atoms with E-state index in [1.54, 1.807) is 0 Å². The van der Waals surface area contributed by atoms with Crippen LogP contribution in [0.15, 0.2) is 60.8 Å². The molecule has 0 saturated carbocycles. The first kappa shape index (κ1) is 60.1. The number of rotatable bonds is 48. The van der Waals surface area contributed by atoms with Crippen molar-refractivity contribution in [1.82, 2.24) is 0 Å². The molecule has 0 aromatic rings. The third-order valence-corrected chi connectivity index (χ3v) is 11.5. The summed E-state index contributed by atoms with van der Waals surface area (Å²) in [6, 6.07) is 0. The second-order valence-corrected chi connectivity index (χ2v) is 17.8. The van der Waals surface area contributed by atoms with Crippen LogP contribution in [0.5, 0.6) is 0 Å². The monoisotopic (exact) mass is 881 g/mol. The number of carbonyl (C=O) groups excluding carboxylic acids is 3. The molecule has 0 fully saturated rings. The Bertz CT molecular complexity index is 1150. The maximum Gasteiger partial charge on any atom is 0.306 e. The predicted octanol–water partition coefficient (Wildman–Crippen LogP) is 17.6. The van der Waals surface area contributed by atoms with Gasteiger partial charge in [-0.25, -0.2) is 0 Å². The molecule has 6 heteroatoms. The SMILES string of the molecule is CCCCC/C=C\C=C/CCCCCCCCC(=O)OC(COC(=O)CC/C=C\C/C=C\CCCCCCCC)COC(=O)CCCCCCCCC/C=C\CCCCCCCC. The van der Waals surface area contributed by atoms with Gasteiger partial charge in [0.2, 0.25) is 0 Å². The Morgan fingerprint density at radius 2 is 0.651 bits per heavy atom. The molecule has 0 bridgehead atoms. The molecule has 0 amide bonds. The summed E-state index contributed by atoms with van der Waals surface area (Å²) in [4.78, 5) is 38.0. The zero-order chi connectivity index (χ0) is 45.8. The summed E-state index contributed by atoms with van der Waals surface area (Å²) in [5.74, 6) is -0.979. The lowest BCUT2D eigenvalue weighted by Crippen LogP contribution is -2.30. The molecule has 0 aromatic heterocycles. The minimum absolute atomic E-state index is 0.0979. The van der Waals surface area contributed by atoms with Crippen molar-refractivity contribution in [2.75, 3.05) is 13.2 Å². The largest absolute Gasteiger partial charge is 0.462 e. The van der Waals surface area contributed by atoms with Crippen molar-refractivity contribution >= 4 is 17.9 Å². The first-order chi connectivity index (χ1) is 31.0. The Morgan fingerprint density at radius 1 is 0.333 bits per heavy atom. The maximum atomic E-state index is 12.8. The van der Waals surface area contributed by atoms with Gasteiger partial charge in [-0.15, -0.1) is 0 Å². The quantitative estimate of drug-likeness (QED) is 0.0199. The lowest BCUT2D eigenvalue weighted by molar-refractivity contribution is -0.166. The van der Waals surface area contributed by atoms with Crippen LogP contribution in [0.1, 0.15) is 265 Å². The molecule has 63 heavy (non-hydrogen) atoms. The Labute approximate surface area is 390 Å². The molecule has 6 nitrogen and oxygen atoms in total. The highest BCUT2D eigenvalue weighted by atomic mass is 16.6. The van der Waals surface area contributed by atoms with Crippen molar-refractivity contribution in [2.45, 2.75) is 271 Å². The molecular weight excluding hydrogens is 781 g/mol. The Morgan fingerprint density at radius 3 is 1.11 bits per heavy atom. The number of unbranched alkanes of at least 4 members (excludes halogenated alkanes) is 28.